The fourth-order valence-electron chi connectivity index (χ4n) is 1.90. The van der Waals surface area contributed by atoms with E-state index in [1.807, 2.05) is 12.1 Å². The van der Waals surface area contributed by atoms with Gasteiger partial charge in [0.2, 0.25) is 0 Å². The van der Waals surface area contributed by atoms with E-state index < -0.39 is 0 Å². The van der Waals surface area contributed by atoms with Gasteiger partial charge in [-0.15, -0.1) is 0 Å². The molecule has 1 N–H and O–H groups in total. The number of methoxy groups -OCH3 is 1. The van der Waals surface area contributed by atoms with E-state index in [1.165, 1.54) is 6.07 Å². The summed E-state index contributed by atoms with van der Waals surface area (Å²) in [5, 5.41) is 14.0. The third-order valence-electron chi connectivity index (χ3n) is 2.94. The van der Waals surface area contributed by atoms with E-state index >= 15 is 0 Å². The van der Waals surface area contributed by atoms with Crippen LogP contribution in [0.15, 0.2) is 53.3 Å². The van der Waals surface area contributed by atoms with Crippen molar-refractivity contribution in [3.63, 3.8) is 0 Å². The van der Waals surface area contributed by atoms with E-state index in [0.717, 1.165) is 5.56 Å². The van der Waals surface area contributed by atoms with Gasteiger partial charge in [-0.1, -0.05) is 5.16 Å². The maximum absolute atomic E-state index is 9.98. The number of phenolic OH excluding ortho intramolecular Hbond substituents is 1. The van der Waals surface area contributed by atoms with Crippen LogP contribution in [0.1, 0.15) is 0 Å². The molecular weight excluding hydrogens is 256 g/mol. The van der Waals surface area contributed by atoms with Crippen LogP contribution in [0.4, 0.5) is 0 Å². The van der Waals surface area contributed by atoms with Crippen molar-refractivity contribution in [1.82, 2.24) is 10.1 Å². The highest BCUT2D eigenvalue weighted by atomic mass is 16.5. The molecule has 0 atom stereocenters. The van der Waals surface area contributed by atoms with Gasteiger partial charge in [0.05, 0.1) is 12.7 Å². The van der Waals surface area contributed by atoms with Crippen LogP contribution in [0.25, 0.3) is 22.6 Å². The summed E-state index contributed by atoms with van der Waals surface area (Å²) in [5.41, 5.74) is 2.09. The molecule has 0 saturated heterocycles. The average Bonchev–Trinajstić information content (AvgIpc) is 2.97. The number of benzene rings is 1. The van der Waals surface area contributed by atoms with Crippen molar-refractivity contribution in [2.45, 2.75) is 0 Å². The molecule has 3 aromatic rings. The molecule has 1 aromatic carbocycles. The Morgan fingerprint density at radius 1 is 1.20 bits per heavy atom. The highest BCUT2D eigenvalue weighted by Crippen LogP contribution is 2.34. The first-order valence-electron chi connectivity index (χ1n) is 6.02. The Kier molecular flexibility index (Phi) is 3.09. The van der Waals surface area contributed by atoms with Crippen molar-refractivity contribution in [3.8, 4) is 34.1 Å². The number of aromatic nitrogens is 2. The van der Waals surface area contributed by atoms with Gasteiger partial charge in [0.1, 0.15) is 17.2 Å². The molecule has 5 nitrogen and oxygen atoms in total. The topological polar surface area (TPSA) is 68.4 Å². The predicted octanol–water partition coefficient (Wildman–Crippen LogP) is 3.12. The average molecular weight is 268 g/mol. The molecule has 2 aromatic heterocycles. The van der Waals surface area contributed by atoms with Crippen LogP contribution in [0.2, 0.25) is 0 Å². The number of aromatic hydroxyl groups is 1. The highest BCUT2D eigenvalue weighted by Gasteiger charge is 2.12. The first-order valence-corrected chi connectivity index (χ1v) is 6.02. The van der Waals surface area contributed by atoms with E-state index in [4.69, 9.17) is 9.26 Å². The summed E-state index contributed by atoms with van der Waals surface area (Å²) in [5.74, 6) is 1.15. The molecule has 3 rings (SSSR count). The number of nitrogens with zero attached hydrogens (tertiary/aromatic N) is 2. The number of hydrogen-bond donors (Lipinski definition) is 1. The maximum Gasteiger partial charge on any atom is 0.171 e. The van der Waals surface area contributed by atoms with Crippen LogP contribution < -0.4 is 4.74 Å². The Morgan fingerprint density at radius 3 is 2.80 bits per heavy atom. The zero-order chi connectivity index (χ0) is 13.9. The van der Waals surface area contributed by atoms with E-state index in [1.54, 1.807) is 37.7 Å². The Balaban J connectivity index is 1.98. The molecule has 0 unspecified atom stereocenters. The van der Waals surface area contributed by atoms with Gasteiger partial charge in [0, 0.05) is 30.1 Å². The van der Waals surface area contributed by atoms with E-state index in [9.17, 15) is 5.11 Å². The second-order valence-corrected chi connectivity index (χ2v) is 4.20. The zero-order valence-corrected chi connectivity index (χ0v) is 10.8. The van der Waals surface area contributed by atoms with Gasteiger partial charge in [-0.3, -0.25) is 4.98 Å². The Hall–Kier alpha value is -2.82. The second kappa shape index (κ2) is 5.05. The Bertz CT molecular complexity index is 723. The molecule has 0 aliphatic heterocycles. The lowest BCUT2D eigenvalue weighted by Crippen LogP contribution is -1.83. The molecule has 20 heavy (non-hydrogen) atoms. The van der Waals surface area contributed by atoms with Crippen molar-refractivity contribution in [2.24, 2.45) is 0 Å². The lowest BCUT2D eigenvalue weighted by molar-refractivity contribution is 0.406. The van der Waals surface area contributed by atoms with Gasteiger partial charge >= 0.3 is 0 Å². The molecular formula is C15H12N2O3. The molecule has 5 heteroatoms. The van der Waals surface area contributed by atoms with Gasteiger partial charge in [-0.2, -0.15) is 0 Å². The fraction of sp³-hybridized carbons (Fsp3) is 0.0667. The van der Waals surface area contributed by atoms with Gasteiger partial charge in [0.15, 0.2) is 5.76 Å². The van der Waals surface area contributed by atoms with Crippen molar-refractivity contribution in [1.29, 1.82) is 0 Å². The minimum absolute atomic E-state index is 0.0817. The van der Waals surface area contributed by atoms with Crippen LogP contribution in [0, 0.1) is 0 Å². The molecule has 0 spiro atoms. The van der Waals surface area contributed by atoms with E-state index in [0.29, 0.717) is 22.8 Å². The first-order chi connectivity index (χ1) is 9.78. The summed E-state index contributed by atoms with van der Waals surface area (Å²) >= 11 is 0. The van der Waals surface area contributed by atoms with Crippen molar-refractivity contribution in [2.75, 3.05) is 7.11 Å². The number of pyridine rings is 1. The monoisotopic (exact) mass is 268 g/mol. The third kappa shape index (κ3) is 2.21. The van der Waals surface area contributed by atoms with Gasteiger partial charge < -0.3 is 14.4 Å². The zero-order valence-electron chi connectivity index (χ0n) is 10.8. The molecule has 2 heterocycles. The van der Waals surface area contributed by atoms with Gasteiger partial charge in [-0.05, 0) is 24.3 Å². The summed E-state index contributed by atoms with van der Waals surface area (Å²) in [6, 6.07) is 10.5. The lowest BCUT2D eigenvalue weighted by Gasteiger charge is -2.03. The van der Waals surface area contributed by atoms with E-state index in [2.05, 4.69) is 10.1 Å². The number of rotatable bonds is 3. The molecule has 0 fully saturated rings. The summed E-state index contributed by atoms with van der Waals surface area (Å²) in [6.45, 7) is 0. The highest BCUT2D eigenvalue weighted by molar-refractivity contribution is 5.71. The normalized spacial score (nSPS) is 10.4. The van der Waals surface area contributed by atoms with Crippen molar-refractivity contribution >= 4 is 0 Å². The van der Waals surface area contributed by atoms with Gasteiger partial charge in [-0.25, -0.2) is 0 Å². The molecule has 0 radical (unpaired) electrons. The fourth-order valence-corrected chi connectivity index (χ4v) is 1.90. The van der Waals surface area contributed by atoms with Crippen LogP contribution in [0.5, 0.6) is 11.5 Å². The third-order valence-corrected chi connectivity index (χ3v) is 2.94. The number of ether oxygens (including phenoxy) is 1. The second-order valence-electron chi connectivity index (χ2n) is 4.20. The largest absolute Gasteiger partial charge is 0.507 e. The summed E-state index contributed by atoms with van der Waals surface area (Å²) in [4.78, 5) is 4.04. The molecule has 100 valence electrons. The van der Waals surface area contributed by atoms with Crippen LogP contribution >= 0.6 is 0 Å². The van der Waals surface area contributed by atoms with Crippen LogP contribution in [-0.2, 0) is 0 Å². The lowest BCUT2D eigenvalue weighted by atomic mass is 10.1. The standard InChI is InChI=1S/C15H12N2O3/c1-19-11-4-5-12(14(18)7-11)15-8-13(17-20-15)10-3-2-6-16-9-10/h2-9,18H,1H3. The molecule has 0 aliphatic carbocycles. The maximum atomic E-state index is 9.98. The quantitative estimate of drug-likeness (QED) is 0.790. The minimum Gasteiger partial charge on any atom is -0.507 e. The molecule has 0 amide bonds. The smallest absolute Gasteiger partial charge is 0.171 e. The summed E-state index contributed by atoms with van der Waals surface area (Å²) < 4.78 is 10.3. The van der Waals surface area contributed by atoms with Crippen molar-refractivity contribution < 1.29 is 14.4 Å². The Morgan fingerprint density at radius 2 is 2.10 bits per heavy atom. The van der Waals surface area contributed by atoms with Crippen molar-refractivity contribution in [3.05, 3.63) is 48.8 Å². The summed E-state index contributed by atoms with van der Waals surface area (Å²) in [7, 11) is 1.55. The van der Waals surface area contributed by atoms with Gasteiger partial charge in [0.25, 0.3) is 0 Å². The number of hydrogen-bond acceptors (Lipinski definition) is 5. The molecule has 0 bridgehead atoms. The Labute approximate surface area is 115 Å². The summed E-state index contributed by atoms with van der Waals surface area (Å²) in [6.07, 6.45) is 3.40. The predicted molar refractivity (Wildman–Crippen MR) is 73.4 cm³/mol. The minimum atomic E-state index is 0.0817. The van der Waals surface area contributed by atoms with Crippen LogP contribution in [-0.4, -0.2) is 22.4 Å². The van der Waals surface area contributed by atoms with Crippen LogP contribution in [0.3, 0.4) is 0 Å². The molecule has 0 aliphatic rings. The number of phenols is 1. The SMILES string of the molecule is COc1ccc(-c2cc(-c3cccnc3)no2)c(O)c1. The van der Waals surface area contributed by atoms with E-state index in [-0.39, 0.29) is 5.75 Å². The first kappa shape index (κ1) is 12.2. The molecule has 0 saturated carbocycles.